The smallest absolute Gasteiger partial charge is 0.296 e. The average Bonchev–Trinajstić information content (AvgIpc) is 1.53. The largest absolute Gasteiger partial charge is 0.356 e. The molecule has 3 N–H and O–H groups in total. The third-order valence-corrected chi connectivity index (χ3v) is 31.0. The van der Waals surface area contributed by atoms with E-state index in [4.69, 9.17) is 52.8 Å². The van der Waals surface area contributed by atoms with E-state index in [9.17, 15) is 36.7 Å². The molecule has 0 amide bonds. The molecule has 31 nitrogen and oxygen atoms in total. The van der Waals surface area contributed by atoms with Gasteiger partial charge in [0.1, 0.15) is 63.2 Å². The van der Waals surface area contributed by atoms with E-state index in [0.717, 1.165) is 179 Å². The predicted octanol–water partition coefficient (Wildman–Crippen LogP) is 18.4. The van der Waals surface area contributed by atoms with Crippen molar-refractivity contribution in [1.29, 1.82) is 0 Å². The topological polar surface area (TPSA) is 277 Å². The molecule has 24 rings (SSSR count). The van der Waals surface area contributed by atoms with Gasteiger partial charge >= 0.3 is 0 Å². The summed E-state index contributed by atoms with van der Waals surface area (Å²) in [6.07, 6.45) is 21.6. The van der Waals surface area contributed by atoms with Gasteiger partial charge in [-0.1, -0.05) is 73.0 Å². The quantitative estimate of drug-likeness (QED) is 0.0757. The molecule has 146 heavy (non-hydrogen) atoms. The summed E-state index contributed by atoms with van der Waals surface area (Å²) in [5.41, 5.74) is 6.32. The van der Waals surface area contributed by atoms with Gasteiger partial charge in [0.2, 0.25) is 28.6 Å². The number of halogens is 6. The molecular weight excluding hydrogens is 1880 g/mol. The summed E-state index contributed by atoms with van der Waals surface area (Å²) in [6, 6.07) is 40.5. The van der Waals surface area contributed by atoms with Crippen LogP contribution in [-0.4, -0.2) is 169 Å². The zero-order chi connectivity index (χ0) is 101. The zero-order valence-electron chi connectivity index (χ0n) is 81.1. The molecule has 0 bridgehead atoms. The second kappa shape index (κ2) is 39.3. The number of nitrogens with one attached hydrogen (secondary N) is 3. The van der Waals surface area contributed by atoms with Crippen molar-refractivity contribution in [2.45, 2.75) is 90.4 Å². The van der Waals surface area contributed by atoms with Crippen molar-refractivity contribution in [3.63, 3.8) is 0 Å². The maximum atomic E-state index is 15.7. The molecular formula is C109H103ClF5N27O4. The summed E-state index contributed by atoms with van der Waals surface area (Å²) >= 11 is 6.72. The Labute approximate surface area is 841 Å². The highest BCUT2D eigenvalue weighted by Gasteiger charge is 2.43. The maximum absolute atomic E-state index is 15.7. The van der Waals surface area contributed by atoms with E-state index in [2.05, 4.69) is 75.4 Å². The molecule has 3 spiro atoms. The number of anilines is 4. The average molecular weight is 1990 g/mol. The minimum atomic E-state index is -0.936. The molecule has 2 atom stereocenters. The van der Waals surface area contributed by atoms with Crippen LogP contribution in [0, 0.1) is 90.4 Å². The molecule has 8 aromatic carbocycles. The van der Waals surface area contributed by atoms with E-state index in [1.807, 2.05) is 100 Å². The number of rotatable bonds is 12. The van der Waals surface area contributed by atoms with Crippen LogP contribution in [0.5, 0.6) is 0 Å². The van der Waals surface area contributed by atoms with Gasteiger partial charge in [-0.15, -0.1) is 0 Å². The lowest BCUT2D eigenvalue weighted by atomic mass is 9.78. The highest BCUT2D eigenvalue weighted by molar-refractivity contribution is 6.32. The Kier molecular flexibility index (Phi) is 25.9. The number of hydrogen-bond acceptors (Lipinski definition) is 19. The first-order chi connectivity index (χ1) is 70.6. The number of benzene rings is 8. The molecule has 1 aliphatic carbocycles. The van der Waals surface area contributed by atoms with Crippen LogP contribution >= 0.6 is 11.6 Å². The van der Waals surface area contributed by atoms with Crippen molar-refractivity contribution in [1.82, 2.24) is 93.3 Å². The Hall–Kier alpha value is -15.9. The summed E-state index contributed by atoms with van der Waals surface area (Å²) < 4.78 is 86.9. The van der Waals surface area contributed by atoms with Crippen LogP contribution in [0.25, 0.3) is 131 Å². The number of aryl methyl sites for hydroxylation is 4. The monoisotopic (exact) mass is 1980 g/mol. The third-order valence-electron chi connectivity index (χ3n) is 30.7. The lowest BCUT2D eigenvalue weighted by molar-refractivity contribution is 0.246. The van der Waals surface area contributed by atoms with E-state index in [1.165, 1.54) is 100 Å². The van der Waals surface area contributed by atoms with Crippen molar-refractivity contribution in [2.24, 2.45) is 56.3 Å². The number of hydrogen-bond donors (Lipinski definition) is 3. The lowest BCUT2D eigenvalue weighted by Gasteiger charge is -2.40. The second-order valence-electron chi connectivity index (χ2n) is 39.8. The van der Waals surface area contributed by atoms with Crippen molar-refractivity contribution in [3.8, 4) is 68.3 Å². The van der Waals surface area contributed by atoms with Gasteiger partial charge in [-0.3, -0.25) is 56.2 Å². The molecule has 37 heteroatoms. The van der Waals surface area contributed by atoms with Crippen molar-refractivity contribution >= 4 is 101 Å². The highest BCUT2D eigenvalue weighted by atomic mass is 35.5. The molecule has 2 unspecified atom stereocenters. The fourth-order valence-electron chi connectivity index (χ4n) is 22.6. The summed E-state index contributed by atoms with van der Waals surface area (Å²) in [6.45, 7) is 42.8. The summed E-state index contributed by atoms with van der Waals surface area (Å²) in [7, 11) is 7.32. The van der Waals surface area contributed by atoms with Crippen LogP contribution in [0.2, 0.25) is 5.02 Å². The summed E-state index contributed by atoms with van der Waals surface area (Å²) in [4.78, 5) is 95.5. The first-order valence-corrected chi connectivity index (χ1v) is 49.5. The zero-order valence-corrected chi connectivity index (χ0v) is 81.9. The number of fused-ring (bicyclic) bond motifs is 5. The molecule has 740 valence electrons. The Balaban J connectivity index is 0.000000114. The van der Waals surface area contributed by atoms with Crippen molar-refractivity contribution in [2.75, 3.05) is 111 Å². The molecule has 7 aliphatic heterocycles. The van der Waals surface area contributed by atoms with E-state index < -0.39 is 40.2 Å². The molecule has 7 saturated heterocycles. The normalized spacial score (nSPS) is 17.6. The SMILES string of the molecule is [C-]#[N+]c1ccc(-c2nc(N3CCC4(CCNC4)CC3)c(C)c(=O)n2-c2ccc3nn(C)cc3c2)cc1F.[C-]#[N+]c1ccc(-c2nc(N3CCC4(CCNC4)CC3)c(F)c(=O)n2-c2ccc3nn(C)cc3c2)cc1F.[C-]#[N+]c1ccc(-c2nc(N3CCC4(CCNC4)CC3)cc(=O)n2-c2ccc3nn(C)cc3c2)cc1F.[C-]#[N+]c1ccc(-c2nc(N3CCC4CCCC4C3)c(Cl)c(=O)n2-c2ccc3nn(C)cc3c2)cc1F. The van der Waals surface area contributed by atoms with Gasteiger partial charge in [0, 0.05) is 175 Å². The van der Waals surface area contributed by atoms with Gasteiger partial charge in [0.25, 0.3) is 22.2 Å². The van der Waals surface area contributed by atoms with Gasteiger partial charge in [0.15, 0.2) is 11.6 Å². The minimum absolute atomic E-state index is 0.0193. The molecule has 8 aromatic heterocycles. The molecule has 0 radical (unpaired) electrons. The van der Waals surface area contributed by atoms with Crippen molar-refractivity contribution < 1.29 is 22.0 Å². The standard InChI is InChI=1S/C28H28FN7O.C27H24ClFN6O.C27H25F2N7O.C27H26FN7O/c1-18-25(35-12-9-28(10-13-35)8-11-31-17-28)32-26(19-4-6-24(30-2)22(29)15-19)36(27(18)37)21-5-7-23-20(14-21)16-34(3)33-23;1-30-23-8-6-17(13-21(23)29)25-31-26(34-11-10-16-4-3-5-18(16)15-34)24(28)27(36)35(25)20-7-9-22-19(12-20)14-33(2)32-22;1-30-22-5-3-17(14-20(22)28)24-32-25(35-11-8-27(9-12-35)7-10-31-16-27)23(29)26(37)36(24)19-4-6-21-18(13-19)15-34(2)33-21;1-29-23-5-3-18(14-21(23)28)26-31-24(34-11-8-27(9-12-34)7-10-30-17-27)15-25(36)35(26)20-4-6-22-19(13-20)16-33(2)32-22/h4-7,14-16,31H,8-13,17H2,1,3H3;6-9,12-14,16,18H,3-5,10-11,15H2,2H3;3-6,13-15,31H,7-12,16H2,2H3;3-6,13-16,30H,7-12,17H2,2H3. The van der Waals surface area contributed by atoms with Crippen LogP contribution in [0.3, 0.4) is 0 Å². The minimum Gasteiger partial charge on any atom is -0.356 e. The van der Waals surface area contributed by atoms with Crippen LogP contribution in [0.4, 0.5) is 68.0 Å². The van der Waals surface area contributed by atoms with E-state index >= 15 is 4.39 Å². The van der Waals surface area contributed by atoms with Gasteiger partial charge in [0.05, 0.1) is 76.7 Å². The number of aromatic nitrogens is 16. The number of piperidine rings is 4. The maximum Gasteiger partial charge on any atom is 0.296 e. The molecule has 8 aliphatic rings. The highest BCUT2D eigenvalue weighted by Crippen LogP contribution is 2.46. The van der Waals surface area contributed by atoms with Gasteiger partial charge in [-0.2, -0.15) is 24.8 Å². The first-order valence-electron chi connectivity index (χ1n) is 49.1. The Bertz CT molecular complexity index is 8080. The van der Waals surface area contributed by atoms with Crippen molar-refractivity contribution in [3.05, 3.63) is 303 Å². The van der Waals surface area contributed by atoms with E-state index in [-0.39, 0.29) is 67.3 Å². The number of nitrogens with zero attached hydrogens (tertiary/aromatic N) is 24. The summed E-state index contributed by atoms with van der Waals surface area (Å²) in [5.74, 6) is 0.478. The predicted molar refractivity (Wildman–Crippen MR) is 555 cm³/mol. The van der Waals surface area contributed by atoms with Gasteiger partial charge < -0.3 is 35.6 Å². The Morgan fingerprint density at radius 3 is 1.08 bits per heavy atom. The van der Waals surface area contributed by atoms with E-state index in [1.54, 1.807) is 85.1 Å². The third kappa shape index (κ3) is 18.6. The molecule has 15 heterocycles. The van der Waals surface area contributed by atoms with Gasteiger partial charge in [-0.05, 0) is 222 Å². The Morgan fingerprint density at radius 2 is 0.705 bits per heavy atom. The lowest BCUT2D eigenvalue weighted by Crippen LogP contribution is -2.43. The van der Waals surface area contributed by atoms with Crippen LogP contribution in [-0.2, 0) is 28.2 Å². The van der Waals surface area contributed by atoms with Crippen LogP contribution in [0.1, 0.15) is 89.0 Å². The fourth-order valence-corrected chi connectivity index (χ4v) is 22.9. The Morgan fingerprint density at radius 1 is 0.363 bits per heavy atom. The first kappa shape index (κ1) is 96.3. The molecule has 1 saturated carbocycles. The second-order valence-corrected chi connectivity index (χ2v) is 40.2. The van der Waals surface area contributed by atoms with Crippen LogP contribution in [0.15, 0.2) is 196 Å². The fraction of sp³-hybridized carbons (Fsp3) is 0.339. The molecule has 8 fully saturated rings. The van der Waals surface area contributed by atoms with Gasteiger partial charge in [-0.25, -0.2) is 56.9 Å². The summed E-state index contributed by atoms with van der Waals surface area (Å²) in [5, 5.41) is 31.4. The van der Waals surface area contributed by atoms with E-state index in [0.29, 0.717) is 104 Å². The molecule has 16 aromatic rings. The van der Waals surface area contributed by atoms with Crippen LogP contribution < -0.4 is 57.8 Å².